The highest BCUT2D eigenvalue weighted by Crippen LogP contribution is 2.20. The normalized spacial score (nSPS) is 20.2. The van der Waals surface area contributed by atoms with Crippen molar-refractivity contribution < 1.29 is 0 Å². The van der Waals surface area contributed by atoms with Crippen LogP contribution in [0.15, 0.2) is 6.20 Å². The van der Waals surface area contributed by atoms with E-state index in [9.17, 15) is 0 Å². The molecule has 2 rings (SSSR count). The van der Waals surface area contributed by atoms with Crippen molar-refractivity contribution in [3.8, 4) is 0 Å². The van der Waals surface area contributed by atoms with E-state index in [0.717, 1.165) is 32.5 Å². The van der Waals surface area contributed by atoms with Crippen LogP contribution < -0.4 is 10.2 Å². The summed E-state index contributed by atoms with van der Waals surface area (Å²) >= 11 is 0. The fourth-order valence-electron chi connectivity index (χ4n) is 2.46. The number of aryl methyl sites for hydroxylation is 2. The van der Waals surface area contributed by atoms with Gasteiger partial charge in [-0.25, -0.2) is 4.98 Å². The molecule has 96 valence electrons. The number of hydrogen-bond donors (Lipinski definition) is 1. The molecule has 1 aliphatic rings. The Morgan fingerprint density at radius 2 is 2.29 bits per heavy atom. The van der Waals surface area contributed by atoms with Crippen molar-refractivity contribution in [3.63, 3.8) is 0 Å². The lowest BCUT2D eigenvalue weighted by Gasteiger charge is -2.18. The maximum Gasteiger partial charge on any atom is 0.205 e. The smallest absolute Gasteiger partial charge is 0.205 e. The Morgan fingerprint density at radius 3 is 2.88 bits per heavy atom. The van der Waals surface area contributed by atoms with Gasteiger partial charge in [-0.15, -0.1) is 0 Å². The number of imidazole rings is 1. The molecule has 0 saturated carbocycles. The molecule has 17 heavy (non-hydrogen) atoms. The van der Waals surface area contributed by atoms with Crippen molar-refractivity contribution in [2.45, 2.75) is 45.7 Å². The fourth-order valence-corrected chi connectivity index (χ4v) is 2.46. The second-order valence-corrected chi connectivity index (χ2v) is 4.80. The minimum Gasteiger partial charge on any atom is -0.341 e. The Kier molecular flexibility index (Phi) is 4.05. The van der Waals surface area contributed by atoms with E-state index in [1.807, 2.05) is 7.05 Å². The van der Waals surface area contributed by atoms with Crippen LogP contribution in [0, 0.1) is 0 Å². The first-order valence-corrected chi connectivity index (χ1v) is 6.76. The molecule has 0 amide bonds. The van der Waals surface area contributed by atoms with Gasteiger partial charge in [0.2, 0.25) is 5.95 Å². The van der Waals surface area contributed by atoms with Crippen molar-refractivity contribution in [2.75, 3.05) is 25.0 Å². The molecule has 1 atom stereocenters. The highest BCUT2D eigenvalue weighted by Gasteiger charge is 2.24. The molecule has 1 saturated heterocycles. The predicted molar refractivity (Wildman–Crippen MR) is 71.6 cm³/mol. The maximum atomic E-state index is 4.76. The van der Waals surface area contributed by atoms with Gasteiger partial charge in [0.1, 0.15) is 0 Å². The minimum absolute atomic E-state index is 0.617. The van der Waals surface area contributed by atoms with Gasteiger partial charge in [-0.2, -0.15) is 0 Å². The molecule has 1 aliphatic heterocycles. The summed E-state index contributed by atoms with van der Waals surface area (Å²) in [6, 6.07) is 0.617. The van der Waals surface area contributed by atoms with E-state index >= 15 is 0 Å². The number of likely N-dealkylation sites (N-methyl/N-ethyl adjacent to an activating group) is 1. The molecule has 1 fully saturated rings. The molecule has 4 nitrogen and oxygen atoms in total. The van der Waals surface area contributed by atoms with Gasteiger partial charge >= 0.3 is 0 Å². The van der Waals surface area contributed by atoms with Crippen molar-refractivity contribution in [1.29, 1.82) is 0 Å². The highest BCUT2D eigenvalue weighted by atomic mass is 15.3. The molecular formula is C13H24N4. The van der Waals surface area contributed by atoms with E-state index in [0.29, 0.717) is 6.04 Å². The lowest BCUT2D eigenvalue weighted by molar-refractivity contribution is 0.612. The molecule has 4 heteroatoms. The van der Waals surface area contributed by atoms with Crippen LogP contribution in [0.3, 0.4) is 0 Å². The van der Waals surface area contributed by atoms with Crippen LogP contribution in [-0.4, -0.2) is 35.7 Å². The molecule has 1 unspecified atom stereocenters. The molecule has 0 aromatic carbocycles. The lowest BCUT2D eigenvalue weighted by Crippen LogP contribution is -2.30. The molecule has 0 aliphatic carbocycles. The van der Waals surface area contributed by atoms with Gasteiger partial charge in [0, 0.05) is 31.9 Å². The Bertz CT molecular complexity index is 358. The van der Waals surface area contributed by atoms with Crippen LogP contribution in [0.5, 0.6) is 0 Å². The fraction of sp³-hybridized carbons (Fsp3) is 0.769. The first-order chi connectivity index (χ1) is 8.28. The molecule has 0 spiro atoms. The SMILES string of the molecule is CCCn1cc(CC)nc1N1CCC(NC)C1. The number of rotatable bonds is 5. The third kappa shape index (κ3) is 2.63. The van der Waals surface area contributed by atoms with Gasteiger partial charge in [0.05, 0.1) is 5.69 Å². The number of anilines is 1. The molecule has 1 aromatic rings. The third-order valence-electron chi connectivity index (χ3n) is 3.51. The zero-order chi connectivity index (χ0) is 12.3. The van der Waals surface area contributed by atoms with Crippen LogP contribution in [0.2, 0.25) is 0 Å². The van der Waals surface area contributed by atoms with E-state index in [2.05, 4.69) is 34.8 Å². The van der Waals surface area contributed by atoms with E-state index in [4.69, 9.17) is 4.98 Å². The zero-order valence-electron chi connectivity index (χ0n) is 11.2. The summed E-state index contributed by atoms with van der Waals surface area (Å²) in [6.45, 7) is 7.66. The second-order valence-electron chi connectivity index (χ2n) is 4.80. The number of nitrogens with zero attached hydrogens (tertiary/aromatic N) is 3. The number of aromatic nitrogens is 2. The first-order valence-electron chi connectivity index (χ1n) is 6.76. The summed E-state index contributed by atoms with van der Waals surface area (Å²) in [5, 5.41) is 3.36. The predicted octanol–water partition coefficient (Wildman–Crippen LogP) is 1.65. The van der Waals surface area contributed by atoms with Crippen molar-refractivity contribution in [3.05, 3.63) is 11.9 Å². The number of hydrogen-bond acceptors (Lipinski definition) is 3. The Morgan fingerprint density at radius 1 is 1.47 bits per heavy atom. The van der Waals surface area contributed by atoms with Crippen LogP contribution in [0.4, 0.5) is 5.95 Å². The molecular weight excluding hydrogens is 212 g/mol. The topological polar surface area (TPSA) is 33.1 Å². The number of nitrogens with one attached hydrogen (secondary N) is 1. The van der Waals surface area contributed by atoms with Gasteiger partial charge < -0.3 is 14.8 Å². The third-order valence-corrected chi connectivity index (χ3v) is 3.51. The molecule has 0 bridgehead atoms. The van der Waals surface area contributed by atoms with Gasteiger partial charge in [0.15, 0.2) is 0 Å². The highest BCUT2D eigenvalue weighted by molar-refractivity contribution is 5.35. The average molecular weight is 236 g/mol. The van der Waals surface area contributed by atoms with Crippen molar-refractivity contribution in [2.24, 2.45) is 0 Å². The van der Waals surface area contributed by atoms with Crippen molar-refractivity contribution >= 4 is 5.95 Å². The van der Waals surface area contributed by atoms with Crippen molar-refractivity contribution in [1.82, 2.24) is 14.9 Å². The molecule has 1 N–H and O–H groups in total. The summed E-state index contributed by atoms with van der Waals surface area (Å²) in [5.74, 6) is 1.17. The van der Waals surface area contributed by atoms with Crippen LogP contribution in [-0.2, 0) is 13.0 Å². The summed E-state index contributed by atoms with van der Waals surface area (Å²) < 4.78 is 2.32. The molecule has 1 aromatic heterocycles. The zero-order valence-corrected chi connectivity index (χ0v) is 11.2. The molecule has 2 heterocycles. The summed E-state index contributed by atoms with van der Waals surface area (Å²) in [7, 11) is 2.05. The Hall–Kier alpha value is -1.03. The van der Waals surface area contributed by atoms with E-state index < -0.39 is 0 Å². The Balaban J connectivity index is 2.16. The van der Waals surface area contributed by atoms with Gasteiger partial charge in [-0.3, -0.25) is 0 Å². The Labute approximate surface area is 104 Å². The first kappa shape index (κ1) is 12.4. The summed E-state index contributed by atoms with van der Waals surface area (Å²) in [6.07, 6.45) is 5.62. The largest absolute Gasteiger partial charge is 0.341 e. The van der Waals surface area contributed by atoms with E-state index in [1.165, 1.54) is 18.1 Å². The molecule has 0 radical (unpaired) electrons. The monoisotopic (exact) mass is 236 g/mol. The van der Waals surface area contributed by atoms with Crippen LogP contribution in [0.1, 0.15) is 32.4 Å². The van der Waals surface area contributed by atoms with Gasteiger partial charge in [-0.1, -0.05) is 13.8 Å². The summed E-state index contributed by atoms with van der Waals surface area (Å²) in [4.78, 5) is 7.17. The lowest BCUT2D eigenvalue weighted by atomic mass is 10.3. The average Bonchev–Trinajstić information content (AvgIpc) is 2.95. The van der Waals surface area contributed by atoms with Gasteiger partial charge in [-0.05, 0) is 26.3 Å². The second kappa shape index (κ2) is 5.54. The van der Waals surface area contributed by atoms with Crippen LogP contribution >= 0.6 is 0 Å². The van der Waals surface area contributed by atoms with Gasteiger partial charge in [0.25, 0.3) is 0 Å². The van der Waals surface area contributed by atoms with Crippen LogP contribution in [0.25, 0.3) is 0 Å². The minimum atomic E-state index is 0.617. The maximum absolute atomic E-state index is 4.76. The quantitative estimate of drug-likeness (QED) is 0.844. The summed E-state index contributed by atoms with van der Waals surface area (Å²) in [5.41, 5.74) is 1.21. The van der Waals surface area contributed by atoms with E-state index in [-0.39, 0.29) is 0 Å². The van der Waals surface area contributed by atoms with E-state index in [1.54, 1.807) is 0 Å². The standard InChI is InChI=1S/C13H24N4/c1-4-7-16-9-11(5-2)15-13(16)17-8-6-12(10-17)14-3/h9,12,14H,4-8,10H2,1-3H3.